The maximum absolute atomic E-state index is 13.1. The molecule has 4 aromatic rings. The highest BCUT2D eigenvalue weighted by molar-refractivity contribution is 6.10. The van der Waals surface area contributed by atoms with Gasteiger partial charge in [0, 0.05) is 22.2 Å². The molecule has 1 heterocycles. The van der Waals surface area contributed by atoms with Crippen LogP contribution in [-0.4, -0.2) is 24.0 Å². The largest absolute Gasteiger partial charge is 0.465 e. The number of aromatic amines is 1. The van der Waals surface area contributed by atoms with Gasteiger partial charge in [0.25, 0.3) is 0 Å². The summed E-state index contributed by atoms with van der Waals surface area (Å²) >= 11 is 0. The molecule has 162 valence electrons. The normalized spacial score (nSPS) is 11.5. The molecule has 0 radical (unpaired) electrons. The molecule has 3 aromatic carbocycles. The van der Waals surface area contributed by atoms with Gasteiger partial charge in [-0.3, -0.25) is 4.79 Å². The van der Waals surface area contributed by atoms with Crippen molar-refractivity contribution in [3.63, 3.8) is 0 Å². The van der Waals surface area contributed by atoms with Crippen LogP contribution in [0.3, 0.4) is 0 Å². The summed E-state index contributed by atoms with van der Waals surface area (Å²) in [6.07, 6.45) is -4.50. The number of nitrogens with two attached hydrogens (primary N) is 1. The van der Waals surface area contributed by atoms with E-state index in [-0.39, 0.29) is 22.2 Å². The fraction of sp³-hybridized carbons (Fsp3) is 0.0833. The zero-order chi connectivity index (χ0) is 23.0. The monoisotopic (exact) mass is 438 g/mol. The van der Waals surface area contributed by atoms with E-state index in [1.807, 2.05) is 30.3 Å². The number of H-pyrrole nitrogens is 1. The van der Waals surface area contributed by atoms with Crippen LogP contribution in [0.25, 0.3) is 33.3 Å². The maximum Gasteiger partial charge on any atom is 0.416 e. The van der Waals surface area contributed by atoms with Crippen LogP contribution in [0.4, 0.5) is 13.2 Å². The Labute approximate surface area is 180 Å². The highest BCUT2D eigenvalue weighted by Crippen LogP contribution is 2.36. The number of hydrogen-bond acceptors (Lipinski definition) is 3. The number of fused-ring (bicyclic) bond motifs is 1. The van der Waals surface area contributed by atoms with E-state index in [0.29, 0.717) is 16.6 Å². The molecule has 0 saturated carbocycles. The van der Waals surface area contributed by atoms with Crippen LogP contribution in [0.2, 0.25) is 0 Å². The van der Waals surface area contributed by atoms with Gasteiger partial charge in [-0.05, 0) is 41.5 Å². The molecule has 0 aliphatic carbocycles. The number of alkyl halides is 3. The number of carbonyl (C=O) groups is 2. The Bertz CT molecular complexity index is 1340. The van der Waals surface area contributed by atoms with Gasteiger partial charge in [0.2, 0.25) is 5.91 Å². The molecule has 3 N–H and O–H groups in total. The van der Waals surface area contributed by atoms with E-state index in [1.165, 1.54) is 19.2 Å². The molecule has 0 aliphatic heterocycles. The molecule has 1 amide bonds. The third-order valence-electron chi connectivity index (χ3n) is 5.14. The second kappa shape index (κ2) is 7.88. The Hall–Kier alpha value is -4.07. The Morgan fingerprint density at radius 2 is 1.66 bits per heavy atom. The number of carbonyl (C=O) groups excluding carboxylic acids is 2. The number of amides is 1. The summed E-state index contributed by atoms with van der Waals surface area (Å²) in [7, 11) is 1.18. The standard InChI is InChI=1S/C24H17F3N2O3/c1-32-23(31)18-10-15(13-5-3-2-4-6-13)9-17(21(18)22(28)30)20-11-14-7-8-16(24(25,26)27)12-19(14)29-20/h2-12,29H,1H3,(H2,28,30). The summed E-state index contributed by atoms with van der Waals surface area (Å²) < 4.78 is 44.2. The number of primary amides is 1. The highest BCUT2D eigenvalue weighted by atomic mass is 19.4. The first-order chi connectivity index (χ1) is 15.2. The van der Waals surface area contributed by atoms with Gasteiger partial charge in [0.15, 0.2) is 0 Å². The van der Waals surface area contributed by atoms with E-state index >= 15 is 0 Å². The summed E-state index contributed by atoms with van der Waals surface area (Å²) in [6, 6.07) is 17.2. The zero-order valence-electron chi connectivity index (χ0n) is 16.8. The van der Waals surface area contributed by atoms with Gasteiger partial charge < -0.3 is 15.5 Å². The summed E-state index contributed by atoms with van der Waals surface area (Å²) in [6.45, 7) is 0. The summed E-state index contributed by atoms with van der Waals surface area (Å²) in [5, 5.41) is 0.508. The van der Waals surface area contributed by atoms with E-state index in [4.69, 9.17) is 10.5 Å². The van der Waals surface area contributed by atoms with Gasteiger partial charge >= 0.3 is 12.1 Å². The van der Waals surface area contributed by atoms with Crippen LogP contribution in [0.15, 0.2) is 66.7 Å². The molecule has 1 aromatic heterocycles. The second-order valence-corrected chi connectivity index (χ2v) is 7.15. The smallest absolute Gasteiger partial charge is 0.416 e. The van der Waals surface area contributed by atoms with Crippen LogP contribution in [0.1, 0.15) is 26.3 Å². The lowest BCUT2D eigenvalue weighted by Crippen LogP contribution is -2.19. The second-order valence-electron chi connectivity index (χ2n) is 7.15. The molecule has 8 heteroatoms. The van der Waals surface area contributed by atoms with Crippen molar-refractivity contribution >= 4 is 22.8 Å². The molecule has 4 rings (SSSR count). The maximum atomic E-state index is 13.1. The number of rotatable bonds is 4. The van der Waals surface area contributed by atoms with Crippen LogP contribution in [0, 0.1) is 0 Å². The van der Waals surface area contributed by atoms with Gasteiger partial charge in [-0.15, -0.1) is 0 Å². The summed E-state index contributed by atoms with van der Waals surface area (Å²) in [5.74, 6) is -1.62. The van der Waals surface area contributed by atoms with Crippen molar-refractivity contribution in [1.82, 2.24) is 4.98 Å². The Balaban J connectivity index is 2.00. The predicted octanol–water partition coefficient (Wildman–Crippen LogP) is 5.41. The molecule has 0 spiro atoms. The number of aromatic nitrogens is 1. The van der Waals surface area contributed by atoms with E-state index in [0.717, 1.165) is 17.7 Å². The van der Waals surface area contributed by atoms with E-state index < -0.39 is 23.6 Å². The Morgan fingerprint density at radius 3 is 2.28 bits per heavy atom. The SMILES string of the molecule is COC(=O)c1cc(-c2ccccc2)cc(-c2cc3ccc(C(F)(F)F)cc3[nH]2)c1C(N)=O. The summed E-state index contributed by atoms with van der Waals surface area (Å²) in [4.78, 5) is 27.7. The van der Waals surface area contributed by atoms with Gasteiger partial charge in [0.05, 0.1) is 23.8 Å². The number of hydrogen-bond donors (Lipinski definition) is 2. The van der Waals surface area contributed by atoms with E-state index in [2.05, 4.69) is 4.98 Å². The van der Waals surface area contributed by atoms with Crippen LogP contribution in [0.5, 0.6) is 0 Å². The van der Waals surface area contributed by atoms with Crippen LogP contribution in [-0.2, 0) is 10.9 Å². The van der Waals surface area contributed by atoms with Crippen molar-refractivity contribution in [2.75, 3.05) is 7.11 Å². The molecule has 0 atom stereocenters. The Morgan fingerprint density at radius 1 is 0.938 bits per heavy atom. The number of methoxy groups -OCH3 is 1. The highest BCUT2D eigenvalue weighted by Gasteiger charge is 2.31. The van der Waals surface area contributed by atoms with Gasteiger partial charge in [-0.25, -0.2) is 4.79 Å². The first-order valence-electron chi connectivity index (χ1n) is 9.51. The minimum atomic E-state index is -4.50. The van der Waals surface area contributed by atoms with E-state index in [9.17, 15) is 22.8 Å². The number of esters is 1. The minimum absolute atomic E-state index is 0.0361. The first-order valence-corrected chi connectivity index (χ1v) is 9.51. The van der Waals surface area contributed by atoms with Gasteiger partial charge in [0.1, 0.15) is 0 Å². The first kappa shape index (κ1) is 21.2. The fourth-order valence-corrected chi connectivity index (χ4v) is 3.64. The average Bonchev–Trinajstić information content (AvgIpc) is 3.21. The lowest BCUT2D eigenvalue weighted by molar-refractivity contribution is -0.137. The quantitative estimate of drug-likeness (QED) is 0.418. The molecule has 0 fully saturated rings. The third kappa shape index (κ3) is 3.82. The van der Waals surface area contributed by atoms with Crippen molar-refractivity contribution < 1.29 is 27.5 Å². The number of benzene rings is 3. The number of halogens is 3. The molecular weight excluding hydrogens is 421 g/mol. The molecule has 5 nitrogen and oxygen atoms in total. The fourth-order valence-electron chi connectivity index (χ4n) is 3.64. The molecule has 0 saturated heterocycles. The number of ether oxygens (including phenoxy) is 1. The van der Waals surface area contributed by atoms with E-state index in [1.54, 1.807) is 12.1 Å². The van der Waals surface area contributed by atoms with Crippen molar-refractivity contribution in [3.8, 4) is 22.4 Å². The zero-order valence-corrected chi connectivity index (χ0v) is 16.8. The van der Waals surface area contributed by atoms with Crippen molar-refractivity contribution in [3.05, 3.63) is 83.4 Å². The number of nitrogens with one attached hydrogen (secondary N) is 1. The topological polar surface area (TPSA) is 85.2 Å². The minimum Gasteiger partial charge on any atom is -0.465 e. The Kier molecular flexibility index (Phi) is 5.22. The lowest BCUT2D eigenvalue weighted by atomic mass is 9.92. The lowest BCUT2D eigenvalue weighted by Gasteiger charge is -2.14. The van der Waals surface area contributed by atoms with Gasteiger partial charge in [-0.1, -0.05) is 36.4 Å². The molecule has 0 unspecified atom stereocenters. The molecular formula is C24H17F3N2O3. The molecule has 32 heavy (non-hydrogen) atoms. The molecule has 0 aliphatic rings. The van der Waals surface area contributed by atoms with Gasteiger partial charge in [-0.2, -0.15) is 13.2 Å². The van der Waals surface area contributed by atoms with Crippen molar-refractivity contribution in [2.24, 2.45) is 5.73 Å². The van der Waals surface area contributed by atoms with Crippen molar-refractivity contribution in [2.45, 2.75) is 6.18 Å². The van der Waals surface area contributed by atoms with Crippen molar-refractivity contribution in [1.29, 1.82) is 0 Å². The third-order valence-corrected chi connectivity index (χ3v) is 5.14. The van der Waals surface area contributed by atoms with Crippen LogP contribution >= 0.6 is 0 Å². The summed E-state index contributed by atoms with van der Waals surface area (Å²) in [5.41, 5.74) is 6.91. The molecule has 0 bridgehead atoms. The predicted molar refractivity (Wildman–Crippen MR) is 114 cm³/mol. The van der Waals surface area contributed by atoms with Crippen LogP contribution < -0.4 is 5.73 Å². The average molecular weight is 438 g/mol.